The van der Waals surface area contributed by atoms with E-state index in [1.807, 2.05) is 6.92 Å². The van der Waals surface area contributed by atoms with Crippen LogP contribution in [0, 0.1) is 0 Å². The van der Waals surface area contributed by atoms with E-state index < -0.39 is 22.0 Å². The highest BCUT2D eigenvalue weighted by Gasteiger charge is 2.10. The smallest absolute Gasteiger partial charge is 0.0972 e. The lowest BCUT2D eigenvalue weighted by Crippen LogP contribution is -2.39. The van der Waals surface area contributed by atoms with Crippen LogP contribution in [0.2, 0.25) is 0 Å². The maximum atomic E-state index is 10.2. The molecule has 3 N–H and O–H groups in total. The first-order chi connectivity index (χ1) is 6.39. The molecule has 0 amide bonds. The Bertz CT molecular complexity index is 236. The van der Waals surface area contributed by atoms with Gasteiger partial charge < -0.3 is 20.1 Å². The van der Waals surface area contributed by atoms with E-state index in [1.165, 1.54) is 0 Å². The lowest BCUT2D eigenvalue weighted by atomic mass is 10.2. The summed E-state index contributed by atoms with van der Waals surface area (Å²) in [7, 11) is -4.39. The van der Waals surface area contributed by atoms with Crippen LogP contribution in [0.5, 0.6) is 0 Å². The first-order valence-electron chi connectivity index (χ1n) is 4.35. The molecule has 0 aliphatic heterocycles. The average Bonchev–Trinajstić information content (AvgIpc) is 2.03. The predicted molar refractivity (Wildman–Crippen MR) is 49.7 cm³/mol. The molecule has 0 radical (unpaired) electrons. The zero-order valence-corrected chi connectivity index (χ0v) is 8.83. The summed E-state index contributed by atoms with van der Waals surface area (Å²) in [5.41, 5.74) is 0. The number of rotatable bonds is 7. The van der Waals surface area contributed by atoms with Crippen LogP contribution < -0.4 is 5.32 Å². The first-order valence-corrected chi connectivity index (χ1v) is 5.92. The predicted octanol–water partition coefficient (Wildman–Crippen LogP) is -1.75. The van der Waals surface area contributed by atoms with E-state index in [4.69, 9.17) is 10.2 Å². The largest absolute Gasteiger partial charge is 0.748 e. The minimum Gasteiger partial charge on any atom is -0.748 e. The van der Waals surface area contributed by atoms with Crippen molar-refractivity contribution < 1.29 is 23.2 Å². The van der Waals surface area contributed by atoms with Crippen molar-refractivity contribution in [3.63, 3.8) is 0 Å². The van der Waals surface area contributed by atoms with Gasteiger partial charge in [0.25, 0.3) is 0 Å². The molecule has 2 unspecified atom stereocenters. The Balaban J connectivity index is 3.79. The fourth-order valence-corrected chi connectivity index (χ4v) is 1.52. The summed E-state index contributed by atoms with van der Waals surface area (Å²) in [6.07, 6.45) is -0.564. The van der Waals surface area contributed by atoms with Gasteiger partial charge in [-0.1, -0.05) is 6.92 Å². The normalized spacial score (nSPS) is 16.6. The molecule has 7 heteroatoms. The molecule has 6 nitrogen and oxygen atoms in total. The van der Waals surface area contributed by atoms with Crippen molar-refractivity contribution in [2.24, 2.45) is 0 Å². The van der Waals surface area contributed by atoms with Crippen molar-refractivity contribution in [2.45, 2.75) is 25.5 Å². The molecule has 0 fully saturated rings. The Morgan fingerprint density at radius 2 is 2.07 bits per heavy atom. The number of hydrogen-bond acceptors (Lipinski definition) is 6. The van der Waals surface area contributed by atoms with Gasteiger partial charge in [-0.2, -0.15) is 0 Å². The summed E-state index contributed by atoms with van der Waals surface area (Å²) in [6, 6.07) is -0.181. The molecule has 2 atom stereocenters. The van der Waals surface area contributed by atoms with E-state index in [0.29, 0.717) is 6.42 Å². The van der Waals surface area contributed by atoms with Gasteiger partial charge in [-0.3, -0.25) is 0 Å². The van der Waals surface area contributed by atoms with Gasteiger partial charge in [-0.25, -0.2) is 8.42 Å². The fourth-order valence-electron chi connectivity index (χ4n) is 0.935. The summed E-state index contributed by atoms with van der Waals surface area (Å²) in [5.74, 6) is -0.804. The monoisotopic (exact) mass is 226 g/mol. The second-order valence-corrected chi connectivity index (χ2v) is 4.52. The van der Waals surface area contributed by atoms with Gasteiger partial charge in [-0.05, 0) is 6.42 Å². The molecule has 0 aromatic heterocycles. The van der Waals surface area contributed by atoms with Crippen molar-refractivity contribution in [1.82, 2.24) is 5.32 Å². The van der Waals surface area contributed by atoms with E-state index in [2.05, 4.69) is 5.32 Å². The minimum absolute atomic E-state index is 0.0134. The van der Waals surface area contributed by atoms with Gasteiger partial charge in [0.15, 0.2) is 0 Å². The molecule has 0 aromatic carbocycles. The van der Waals surface area contributed by atoms with Crippen molar-refractivity contribution in [1.29, 1.82) is 0 Å². The third kappa shape index (κ3) is 7.22. The number of aliphatic hydroxyl groups excluding tert-OH is 2. The molecule has 0 bridgehead atoms. The number of nitrogens with one attached hydrogen (secondary N) is 1. The topological polar surface area (TPSA) is 110 Å². The lowest BCUT2D eigenvalue weighted by molar-refractivity contribution is 0.171. The Morgan fingerprint density at radius 1 is 1.50 bits per heavy atom. The van der Waals surface area contributed by atoms with Crippen molar-refractivity contribution in [3.8, 4) is 0 Å². The summed E-state index contributed by atoms with van der Waals surface area (Å²) in [6.45, 7) is 1.73. The summed E-state index contributed by atoms with van der Waals surface area (Å²) < 4.78 is 30.7. The third-order valence-corrected chi connectivity index (χ3v) is 2.54. The molecule has 0 heterocycles. The van der Waals surface area contributed by atoms with Gasteiger partial charge in [0, 0.05) is 12.6 Å². The second kappa shape index (κ2) is 6.31. The first kappa shape index (κ1) is 13.8. The lowest BCUT2D eigenvalue weighted by Gasteiger charge is -2.18. The molecule has 0 aliphatic carbocycles. The van der Waals surface area contributed by atoms with Gasteiger partial charge in [0.05, 0.1) is 28.6 Å². The van der Waals surface area contributed by atoms with Crippen LogP contribution in [-0.4, -0.2) is 54.2 Å². The van der Waals surface area contributed by atoms with E-state index in [1.54, 1.807) is 0 Å². The van der Waals surface area contributed by atoms with Crippen molar-refractivity contribution >= 4 is 10.1 Å². The number of hydrogen-bond donors (Lipinski definition) is 3. The van der Waals surface area contributed by atoms with Gasteiger partial charge >= 0.3 is 0 Å². The van der Waals surface area contributed by atoms with Gasteiger partial charge in [0.2, 0.25) is 0 Å². The Kier molecular flexibility index (Phi) is 6.21. The van der Waals surface area contributed by atoms with Gasteiger partial charge in [-0.15, -0.1) is 0 Å². The molecule has 0 spiro atoms. The average molecular weight is 226 g/mol. The standard InChI is InChI=1S/C7H17NO5S/c1-2-6(4-9)8-3-7(10)5-14(11,12)13/h6-10H,2-5H2,1H3,(H,11,12,13)/p-1. The summed E-state index contributed by atoms with van der Waals surface area (Å²) in [4.78, 5) is 0. The minimum atomic E-state index is -4.39. The van der Waals surface area contributed by atoms with Crippen molar-refractivity contribution in [2.75, 3.05) is 18.9 Å². The molecular weight excluding hydrogens is 210 g/mol. The van der Waals surface area contributed by atoms with Crippen LogP contribution >= 0.6 is 0 Å². The number of aliphatic hydroxyl groups is 2. The van der Waals surface area contributed by atoms with Crippen LogP contribution in [0.4, 0.5) is 0 Å². The molecule has 0 saturated carbocycles. The maximum Gasteiger partial charge on any atom is 0.0972 e. The summed E-state index contributed by atoms with van der Waals surface area (Å²) in [5, 5.41) is 20.6. The van der Waals surface area contributed by atoms with E-state index >= 15 is 0 Å². The van der Waals surface area contributed by atoms with Crippen LogP contribution in [0.25, 0.3) is 0 Å². The van der Waals surface area contributed by atoms with E-state index in [-0.39, 0.29) is 19.2 Å². The highest BCUT2D eigenvalue weighted by Crippen LogP contribution is 1.92. The Labute approximate surface area is 83.7 Å². The Morgan fingerprint density at radius 3 is 2.43 bits per heavy atom. The molecule has 0 aromatic rings. The molecule has 14 heavy (non-hydrogen) atoms. The van der Waals surface area contributed by atoms with Crippen LogP contribution in [0.1, 0.15) is 13.3 Å². The van der Waals surface area contributed by atoms with Gasteiger partial charge in [0.1, 0.15) is 0 Å². The van der Waals surface area contributed by atoms with Crippen LogP contribution in [-0.2, 0) is 10.1 Å². The fraction of sp³-hybridized carbons (Fsp3) is 1.00. The SMILES string of the molecule is CCC(CO)NCC(O)CS(=O)(=O)[O-]. The van der Waals surface area contributed by atoms with E-state index in [0.717, 1.165) is 0 Å². The Hall–Kier alpha value is -0.210. The third-order valence-electron chi connectivity index (χ3n) is 1.75. The maximum absolute atomic E-state index is 10.2. The zero-order chi connectivity index (χ0) is 11.2. The molecule has 0 aliphatic rings. The van der Waals surface area contributed by atoms with E-state index in [9.17, 15) is 13.0 Å². The molecule has 0 saturated heterocycles. The van der Waals surface area contributed by atoms with Crippen LogP contribution in [0.15, 0.2) is 0 Å². The van der Waals surface area contributed by atoms with Crippen LogP contribution in [0.3, 0.4) is 0 Å². The second-order valence-electron chi connectivity index (χ2n) is 3.07. The van der Waals surface area contributed by atoms with Crippen molar-refractivity contribution in [3.05, 3.63) is 0 Å². The quantitative estimate of drug-likeness (QED) is 0.444. The molecule has 0 rings (SSSR count). The molecular formula is C7H16NO5S-. The highest BCUT2D eigenvalue weighted by atomic mass is 32.2. The summed E-state index contributed by atoms with van der Waals surface area (Å²) >= 11 is 0. The molecule has 86 valence electrons. The zero-order valence-electron chi connectivity index (χ0n) is 8.01. The highest BCUT2D eigenvalue weighted by molar-refractivity contribution is 7.85.